The summed E-state index contributed by atoms with van der Waals surface area (Å²) >= 11 is 1.41. The molecule has 0 atom stereocenters. The van der Waals surface area contributed by atoms with Gasteiger partial charge in [0.15, 0.2) is 5.13 Å². The van der Waals surface area contributed by atoms with Gasteiger partial charge in [-0.15, -0.1) is 11.3 Å². The molecule has 0 saturated carbocycles. The van der Waals surface area contributed by atoms with E-state index in [4.69, 9.17) is 0 Å². The maximum atomic E-state index is 12.0. The standard InChI is InChI=1S/C15H14F2N2O2S/c1-9-10(2)22-15(18-9)19-13(20)8-5-11-3-6-12(7-4-11)21-14(16)17/h3-8,14H,1-2H3,(H,18,19,20)/b8-5+. The third-order valence-corrected chi connectivity index (χ3v) is 3.78. The Morgan fingerprint density at radius 3 is 2.55 bits per heavy atom. The van der Waals surface area contributed by atoms with Gasteiger partial charge in [-0.25, -0.2) is 4.98 Å². The fourth-order valence-electron chi connectivity index (χ4n) is 1.61. The van der Waals surface area contributed by atoms with E-state index in [0.29, 0.717) is 10.7 Å². The monoisotopic (exact) mass is 324 g/mol. The van der Waals surface area contributed by atoms with Crippen LogP contribution in [0.4, 0.5) is 13.9 Å². The minimum absolute atomic E-state index is 0.0744. The van der Waals surface area contributed by atoms with Crippen molar-refractivity contribution in [3.05, 3.63) is 46.5 Å². The predicted molar refractivity (Wildman–Crippen MR) is 82.3 cm³/mol. The molecule has 1 heterocycles. The number of nitrogens with one attached hydrogen (secondary N) is 1. The SMILES string of the molecule is Cc1nc(NC(=O)/C=C/c2ccc(OC(F)F)cc2)sc1C. The lowest BCUT2D eigenvalue weighted by atomic mass is 10.2. The molecule has 0 spiro atoms. The highest BCUT2D eigenvalue weighted by atomic mass is 32.1. The van der Waals surface area contributed by atoms with Gasteiger partial charge in [-0.2, -0.15) is 8.78 Å². The van der Waals surface area contributed by atoms with Crippen molar-refractivity contribution in [3.8, 4) is 5.75 Å². The van der Waals surface area contributed by atoms with Crippen LogP contribution in [0.5, 0.6) is 5.75 Å². The van der Waals surface area contributed by atoms with Crippen LogP contribution in [0, 0.1) is 13.8 Å². The van der Waals surface area contributed by atoms with Gasteiger partial charge >= 0.3 is 6.61 Å². The van der Waals surface area contributed by atoms with Crippen molar-refractivity contribution < 1.29 is 18.3 Å². The van der Waals surface area contributed by atoms with Crippen LogP contribution in [0.1, 0.15) is 16.1 Å². The fourth-order valence-corrected chi connectivity index (χ4v) is 2.42. The molecule has 116 valence electrons. The number of hydrogen-bond donors (Lipinski definition) is 1. The maximum Gasteiger partial charge on any atom is 0.387 e. The van der Waals surface area contributed by atoms with Gasteiger partial charge in [-0.3, -0.25) is 10.1 Å². The second-order valence-electron chi connectivity index (χ2n) is 4.43. The van der Waals surface area contributed by atoms with Crippen LogP contribution < -0.4 is 10.1 Å². The molecule has 2 rings (SSSR count). The topological polar surface area (TPSA) is 51.2 Å². The first-order valence-electron chi connectivity index (χ1n) is 6.42. The minimum atomic E-state index is -2.85. The van der Waals surface area contributed by atoms with Crippen LogP contribution in [0.2, 0.25) is 0 Å². The van der Waals surface area contributed by atoms with Gasteiger partial charge in [-0.1, -0.05) is 12.1 Å². The number of carbonyl (C=O) groups is 1. The number of ether oxygens (including phenoxy) is 1. The van der Waals surface area contributed by atoms with E-state index in [0.717, 1.165) is 10.6 Å². The first-order chi connectivity index (χ1) is 10.4. The number of thiazole rings is 1. The summed E-state index contributed by atoms with van der Waals surface area (Å²) in [5, 5.41) is 3.22. The second kappa shape index (κ2) is 7.13. The molecule has 1 aromatic carbocycles. The van der Waals surface area contributed by atoms with Crippen molar-refractivity contribution in [3.63, 3.8) is 0 Å². The molecule has 0 aliphatic carbocycles. The third kappa shape index (κ3) is 4.63. The Balaban J connectivity index is 1.94. The Kier molecular flexibility index (Phi) is 5.21. The lowest BCUT2D eigenvalue weighted by Crippen LogP contribution is -2.07. The predicted octanol–water partition coefficient (Wildman–Crippen LogP) is 4.01. The summed E-state index contributed by atoms with van der Waals surface area (Å²) in [5.41, 5.74) is 1.59. The second-order valence-corrected chi connectivity index (χ2v) is 5.63. The van der Waals surface area contributed by atoms with Crippen LogP contribution in [0.15, 0.2) is 30.3 Å². The van der Waals surface area contributed by atoms with E-state index in [-0.39, 0.29) is 11.7 Å². The van der Waals surface area contributed by atoms with Crippen molar-refractivity contribution in [2.75, 3.05) is 5.32 Å². The minimum Gasteiger partial charge on any atom is -0.435 e. The van der Waals surface area contributed by atoms with E-state index in [9.17, 15) is 13.6 Å². The van der Waals surface area contributed by atoms with E-state index in [1.165, 1.54) is 29.5 Å². The number of carbonyl (C=O) groups excluding carboxylic acids is 1. The molecule has 4 nitrogen and oxygen atoms in total. The average Bonchev–Trinajstić information content (AvgIpc) is 2.76. The van der Waals surface area contributed by atoms with Crippen LogP contribution in [0.3, 0.4) is 0 Å². The van der Waals surface area contributed by atoms with E-state index in [2.05, 4.69) is 15.0 Å². The van der Waals surface area contributed by atoms with Crippen molar-refractivity contribution in [2.45, 2.75) is 20.5 Å². The highest BCUT2D eigenvalue weighted by Crippen LogP contribution is 2.21. The molecular weight excluding hydrogens is 310 g/mol. The van der Waals surface area contributed by atoms with Crippen LogP contribution in [0.25, 0.3) is 6.08 Å². The average molecular weight is 324 g/mol. The normalized spacial score (nSPS) is 11.1. The summed E-state index contributed by atoms with van der Waals surface area (Å²) in [6, 6.07) is 5.99. The first-order valence-corrected chi connectivity index (χ1v) is 7.23. The Bertz CT molecular complexity index is 662. The zero-order valence-electron chi connectivity index (χ0n) is 12.0. The molecule has 1 N–H and O–H groups in total. The fraction of sp³-hybridized carbons (Fsp3) is 0.200. The highest BCUT2D eigenvalue weighted by Gasteiger charge is 2.06. The van der Waals surface area contributed by atoms with Gasteiger partial charge < -0.3 is 4.74 Å². The molecule has 2 aromatic rings. The molecule has 0 aliphatic heterocycles. The molecule has 7 heteroatoms. The molecular formula is C15H14F2N2O2S. The quantitative estimate of drug-likeness (QED) is 0.845. The Morgan fingerprint density at radius 2 is 2.00 bits per heavy atom. The lowest BCUT2D eigenvalue weighted by molar-refractivity contribution is -0.111. The van der Waals surface area contributed by atoms with Gasteiger partial charge in [0, 0.05) is 11.0 Å². The maximum absolute atomic E-state index is 12.0. The number of aryl methyl sites for hydroxylation is 2. The van der Waals surface area contributed by atoms with Crippen molar-refractivity contribution in [2.24, 2.45) is 0 Å². The molecule has 1 aromatic heterocycles. The van der Waals surface area contributed by atoms with E-state index < -0.39 is 6.61 Å². The van der Waals surface area contributed by atoms with Crippen LogP contribution in [-0.2, 0) is 4.79 Å². The summed E-state index contributed by atoms with van der Waals surface area (Å²) in [6.07, 6.45) is 2.93. The Hall–Kier alpha value is -2.28. The van der Waals surface area contributed by atoms with Gasteiger partial charge in [0.05, 0.1) is 5.69 Å². The van der Waals surface area contributed by atoms with E-state index >= 15 is 0 Å². The molecule has 0 aliphatic rings. The molecule has 0 radical (unpaired) electrons. The number of benzene rings is 1. The Labute approximate surface area is 130 Å². The summed E-state index contributed by atoms with van der Waals surface area (Å²) < 4.78 is 28.3. The molecule has 0 saturated heterocycles. The highest BCUT2D eigenvalue weighted by molar-refractivity contribution is 7.15. The number of aromatic nitrogens is 1. The van der Waals surface area contributed by atoms with Gasteiger partial charge in [0.1, 0.15) is 5.75 Å². The number of anilines is 1. The molecule has 0 fully saturated rings. The third-order valence-electron chi connectivity index (χ3n) is 2.79. The van der Waals surface area contributed by atoms with Crippen molar-refractivity contribution in [1.82, 2.24) is 4.98 Å². The summed E-state index contributed by atoms with van der Waals surface area (Å²) in [5.74, 6) is -0.230. The number of nitrogens with zero attached hydrogens (tertiary/aromatic N) is 1. The van der Waals surface area contributed by atoms with Crippen LogP contribution >= 0.6 is 11.3 Å². The van der Waals surface area contributed by atoms with Crippen LogP contribution in [-0.4, -0.2) is 17.5 Å². The molecule has 0 unspecified atom stereocenters. The van der Waals surface area contributed by atoms with Crippen molar-refractivity contribution in [1.29, 1.82) is 0 Å². The zero-order chi connectivity index (χ0) is 16.1. The largest absolute Gasteiger partial charge is 0.435 e. The first kappa shape index (κ1) is 16.1. The summed E-state index contributed by atoms with van der Waals surface area (Å²) in [6.45, 7) is 0.958. The lowest BCUT2D eigenvalue weighted by Gasteiger charge is -2.03. The molecule has 0 bridgehead atoms. The number of hydrogen-bond acceptors (Lipinski definition) is 4. The number of halogens is 2. The van der Waals surface area contributed by atoms with Gasteiger partial charge in [0.2, 0.25) is 5.91 Å². The van der Waals surface area contributed by atoms with Crippen molar-refractivity contribution >= 4 is 28.5 Å². The number of amides is 1. The number of alkyl halides is 2. The van der Waals surface area contributed by atoms with E-state index in [1.807, 2.05) is 13.8 Å². The van der Waals surface area contributed by atoms with Gasteiger partial charge in [0.25, 0.3) is 0 Å². The van der Waals surface area contributed by atoms with E-state index in [1.54, 1.807) is 18.2 Å². The molecule has 1 amide bonds. The Morgan fingerprint density at radius 1 is 1.32 bits per heavy atom. The smallest absolute Gasteiger partial charge is 0.387 e. The molecule has 22 heavy (non-hydrogen) atoms. The summed E-state index contributed by atoms with van der Waals surface area (Å²) in [4.78, 5) is 17.0. The number of rotatable bonds is 5. The zero-order valence-corrected chi connectivity index (χ0v) is 12.8. The van der Waals surface area contributed by atoms with Gasteiger partial charge in [-0.05, 0) is 37.6 Å². The summed E-state index contributed by atoms with van der Waals surface area (Å²) in [7, 11) is 0.